The molecule has 2 aromatic carbocycles. The van der Waals surface area contributed by atoms with Crippen LogP contribution in [0.25, 0.3) is 22.4 Å². The minimum atomic E-state index is 0.385. The van der Waals surface area contributed by atoms with Crippen LogP contribution in [-0.4, -0.2) is 16.6 Å². The quantitative estimate of drug-likeness (QED) is 0.732. The Labute approximate surface area is 116 Å². The van der Waals surface area contributed by atoms with Crippen molar-refractivity contribution in [2.75, 3.05) is 6.61 Å². The average molecular weight is 263 g/mol. The van der Waals surface area contributed by atoms with Crippen LogP contribution >= 0.6 is 0 Å². The monoisotopic (exact) mass is 263 g/mol. The van der Waals surface area contributed by atoms with Crippen LogP contribution in [0.3, 0.4) is 0 Å². The topological polar surface area (TPSA) is 61.7 Å². The van der Waals surface area contributed by atoms with E-state index in [1.165, 1.54) is 0 Å². The molecule has 0 aliphatic carbocycles. The third kappa shape index (κ3) is 2.47. The number of aromatic nitrogens is 2. The maximum absolute atomic E-state index is 8.50. The van der Waals surface area contributed by atoms with Crippen LogP contribution in [0.5, 0.6) is 5.75 Å². The first-order chi connectivity index (χ1) is 9.86. The highest BCUT2D eigenvalue weighted by molar-refractivity contribution is 5.80. The molecule has 20 heavy (non-hydrogen) atoms. The zero-order chi connectivity index (χ0) is 13.8. The molecule has 3 rings (SSSR count). The summed E-state index contributed by atoms with van der Waals surface area (Å²) >= 11 is 0. The van der Waals surface area contributed by atoms with Gasteiger partial charge < -0.3 is 9.72 Å². The molecule has 0 saturated heterocycles. The summed E-state index contributed by atoms with van der Waals surface area (Å²) in [5.74, 6) is 1.59. The maximum atomic E-state index is 8.50. The van der Waals surface area contributed by atoms with E-state index in [1.807, 2.05) is 48.5 Å². The Kier molecular flexibility index (Phi) is 3.34. The summed E-state index contributed by atoms with van der Waals surface area (Å²) in [6.07, 6.45) is 0.385. The molecular weight excluding hydrogens is 250 g/mol. The van der Waals surface area contributed by atoms with Crippen molar-refractivity contribution in [1.82, 2.24) is 9.97 Å². The van der Waals surface area contributed by atoms with Gasteiger partial charge in [0.25, 0.3) is 0 Å². The fourth-order valence-corrected chi connectivity index (χ4v) is 2.03. The van der Waals surface area contributed by atoms with Crippen LogP contribution in [0.1, 0.15) is 6.42 Å². The van der Waals surface area contributed by atoms with E-state index >= 15 is 0 Å². The highest BCUT2D eigenvalue weighted by atomic mass is 16.5. The first kappa shape index (κ1) is 12.2. The van der Waals surface area contributed by atoms with Crippen molar-refractivity contribution in [2.24, 2.45) is 0 Å². The molecule has 0 saturated carbocycles. The van der Waals surface area contributed by atoms with E-state index in [4.69, 9.17) is 10.00 Å². The molecule has 0 radical (unpaired) electrons. The SMILES string of the molecule is N#CCCOc1ccc2nc(-c3ccccc3)[nH]c2c1. The van der Waals surface area contributed by atoms with Gasteiger partial charge in [0.05, 0.1) is 23.5 Å². The highest BCUT2D eigenvalue weighted by Crippen LogP contribution is 2.23. The molecule has 3 aromatic rings. The first-order valence-electron chi connectivity index (χ1n) is 6.42. The fourth-order valence-electron chi connectivity index (χ4n) is 2.03. The number of ether oxygens (including phenoxy) is 1. The van der Waals surface area contributed by atoms with E-state index in [0.717, 1.165) is 28.2 Å². The lowest BCUT2D eigenvalue weighted by atomic mass is 10.2. The van der Waals surface area contributed by atoms with Gasteiger partial charge in [0.15, 0.2) is 0 Å². The molecule has 0 aliphatic heterocycles. The number of nitriles is 1. The summed E-state index contributed by atoms with van der Waals surface area (Å²) in [6.45, 7) is 0.404. The lowest BCUT2D eigenvalue weighted by molar-refractivity contribution is 0.327. The van der Waals surface area contributed by atoms with Crippen LogP contribution in [0.2, 0.25) is 0 Å². The van der Waals surface area contributed by atoms with Gasteiger partial charge in [0.2, 0.25) is 0 Å². The van der Waals surface area contributed by atoms with Crippen molar-refractivity contribution in [3.05, 3.63) is 48.5 Å². The fraction of sp³-hybridized carbons (Fsp3) is 0.125. The number of imidazole rings is 1. The van der Waals surface area contributed by atoms with Gasteiger partial charge in [-0.15, -0.1) is 0 Å². The predicted molar refractivity (Wildman–Crippen MR) is 77.3 cm³/mol. The van der Waals surface area contributed by atoms with Crippen LogP contribution in [-0.2, 0) is 0 Å². The zero-order valence-electron chi connectivity index (χ0n) is 10.8. The number of rotatable bonds is 4. The molecule has 4 nitrogen and oxygen atoms in total. The number of nitrogens with zero attached hydrogens (tertiary/aromatic N) is 2. The van der Waals surface area contributed by atoms with E-state index in [9.17, 15) is 0 Å². The minimum absolute atomic E-state index is 0.385. The van der Waals surface area contributed by atoms with Crippen LogP contribution in [0.15, 0.2) is 48.5 Å². The minimum Gasteiger partial charge on any atom is -0.492 e. The Hall–Kier alpha value is -2.80. The number of H-pyrrole nitrogens is 1. The Balaban J connectivity index is 1.90. The second kappa shape index (κ2) is 5.45. The van der Waals surface area contributed by atoms with E-state index in [0.29, 0.717) is 13.0 Å². The molecule has 0 amide bonds. The van der Waals surface area contributed by atoms with E-state index in [1.54, 1.807) is 0 Å². The maximum Gasteiger partial charge on any atom is 0.138 e. The van der Waals surface area contributed by atoms with Gasteiger partial charge >= 0.3 is 0 Å². The standard InChI is InChI=1S/C16H13N3O/c17-9-4-10-20-13-7-8-14-15(11-13)19-16(18-14)12-5-2-1-3-6-12/h1-3,5-8,11H,4,10H2,(H,18,19). The smallest absolute Gasteiger partial charge is 0.138 e. The third-order valence-corrected chi connectivity index (χ3v) is 2.98. The molecule has 1 heterocycles. The van der Waals surface area contributed by atoms with Gasteiger partial charge in [-0.2, -0.15) is 5.26 Å². The number of hydrogen-bond donors (Lipinski definition) is 1. The van der Waals surface area contributed by atoms with Crippen molar-refractivity contribution in [3.8, 4) is 23.2 Å². The summed E-state index contributed by atoms with van der Waals surface area (Å²) in [7, 11) is 0. The van der Waals surface area contributed by atoms with Gasteiger partial charge in [-0.1, -0.05) is 30.3 Å². The average Bonchev–Trinajstić information content (AvgIpc) is 2.92. The summed E-state index contributed by atoms with van der Waals surface area (Å²) in [4.78, 5) is 7.84. The molecule has 0 bridgehead atoms. The molecule has 1 N–H and O–H groups in total. The number of benzene rings is 2. The summed E-state index contributed by atoms with van der Waals surface area (Å²) in [6, 6.07) is 17.7. The normalized spacial score (nSPS) is 10.3. The van der Waals surface area contributed by atoms with Crippen molar-refractivity contribution in [1.29, 1.82) is 5.26 Å². The molecule has 4 heteroatoms. The van der Waals surface area contributed by atoms with Crippen molar-refractivity contribution < 1.29 is 4.74 Å². The largest absolute Gasteiger partial charge is 0.492 e. The van der Waals surface area contributed by atoms with E-state index < -0.39 is 0 Å². The van der Waals surface area contributed by atoms with Crippen LogP contribution in [0, 0.1) is 11.3 Å². The lowest BCUT2D eigenvalue weighted by Gasteiger charge is -2.02. The van der Waals surface area contributed by atoms with Crippen LogP contribution in [0.4, 0.5) is 0 Å². The molecular formula is C16H13N3O. The molecule has 0 spiro atoms. The Morgan fingerprint density at radius 1 is 1.15 bits per heavy atom. The number of fused-ring (bicyclic) bond motifs is 1. The predicted octanol–water partition coefficient (Wildman–Crippen LogP) is 3.52. The van der Waals surface area contributed by atoms with Crippen molar-refractivity contribution in [2.45, 2.75) is 6.42 Å². The van der Waals surface area contributed by atoms with Crippen molar-refractivity contribution >= 4 is 11.0 Å². The summed E-state index contributed by atoms with van der Waals surface area (Å²) in [5, 5.41) is 8.50. The Morgan fingerprint density at radius 2 is 2.00 bits per heavy atom. The summed E-state index contributed by atoms with van der Waals surface area (Å²) < 4.78 is 5.50. The summed E-state index contributed by atoms with van der Waals surface area (Å²) in [5.41, 5.74) is 2.88. The molecule has 0 unspecified atom stereocenters. The molecule has 0 fully saturated rings. The zero-order valence-corrected chi connectivity index (χ0v) is 10.8. The number of hydrogen-bond acceptors (Lipinski definition) is 3. The van der Waals surface area contributed by atoms with E-state index in [-0.39, 0.29) is 0 Å². The van der Waals surface area contributed by atoms with E-state index in [2.05, 4.69) is 16.0 Å². The second-order valence-electron chi connectivity index (χ2n) is 4.39. The molecule has 1 aromatic heterocycles. The van der Waals surface area contributed by atoms with Gasteiger partial charge in [0.1, 0.15) is 18.2 Å². The van der Waals surface area contributed by atoms with Gasteiger partial charge in [-0.25, -0.2) is 4.98 Å². The third-order valence-electron chi connectivity index (χ3n) is 2.98. The number of aromatic amines is 1. The Bertz CT molecular complexity index is 756. The molecule has 0 atom stereocenters. The second-order valence-corrected chi connectivity index (χ2v) is 4.39. The van der Waals surface area contributed by atoms with Gasteiger partial charge in [0, 0.05) is 11.6 Å². The van der Waals surface area contributed by atoms with Crippen molar-refractivity contribution in [3.63, 3.8) is 0 Å². The first-order valence-corrected chi connectivity index (χ1v) is 6.42. The van der Waals surface area contributed by atoms with Crippen LogP contribution < -0.4 is 4.74 Å². The highest BCUT2D eigenvalue weighted by Gasteiger charge is 2.05. The Morgan fingerprint density at radius 3 is 2.80 bits per heavy atom. The number of nitrogens with one attached hydrogen (secondary N) is 1. The lowest BCUT2D eigenvalue weighted by Crippen LogP contribution is -1.95. The molecule has 98 valence electrons. The van der Waals surface area contributed by atoms with Gasteiger partial charge in [-0.3, -0.25) is 0 Å². The van der Waals surface area contributed by atoms with Gasteiger partial charge in [-0.05, 0) is 12.1 Å². The molecule has 0 aliphatic rings.